The summed E-state index contributed by atoms with van der Waals surface area (Å²) in [7, 11) is 4.19. The minimum atomic E-state index is -0.859. The molecule has 0 aliphatic carbocycles. The van der Waals surface area contributed by atoms with Gasteiger partial charge in [-0.3, -0.25) is 18.7 Å². The number of benzene rings is 3. The van der Waals surface area contributed by atoms with E-state index in [2.05, 4.69) is 0 Å². The zero-order chi connectivity index (χ0) is 27.8. The summed E-state index contributed by atoms with van der Waals surface area (Å²) in [6.45, 7) is -0.736. The highest BCUT2D eigenvalue weighted by Crippen LogP contribution is 2.29. The fourth-order valence-electron chi connectivity index (χ4n) is 4.41. The summed E-state index contributed by atoms with van der Waals surface area (Å²) < 4.78 is 12.4. The smallest absolute Gasteiger partial charge is 0.339 e. The van der Waals surface area contributed by atoms with Gasteiger partial charge in [-0.2, -0.15) is 0 Å². The third-order valence-corrected chi connectivity index (χ3v) is 6.60. The molecule has 0 aliphatic rings. The summed E-state index contributed by atoms with van der Waals surface area (Å²) in [5.74, 6) is -1.14. The number of fused-ring (bicyclic) bond motifs is 2. The summed E-state index contributed by atoms with van der Waals surface area (Å²) >= 11 is 0. The number of esters is 1. The fourth-order valence-corrected chi connectivity index (χ4v) is 4.41. The highest BCUT2D eigenvalue weighted by Gasteiger charge is 2.23. The number of methoxy groups -OCH3 is 1. The summed E-state index contributed by atoms with van der Waals surface area (Å²) in [4.78, 5) is 55.4. The Hall–Kier alpha value is -5.25. The summed E-state index contributed by atoms with van der Waals surface area (Å²) in [6.07, 6.45) is 0. The number of nitrogens with two attached hydrogens (primary N) is 1. The number of pyridine rings is 1. The standard InChI is InChI=1S/C29H24N4O6/c1-32-26(30)25(27(35)33(2)29(32)37)24(34)15-39-28(36)21-14-23(31-22-7-5-4-6-20(21)22)18-9-8-17-13-19(38-3)11-10-16(17)12-18/h4-14H,15,30H2,1-3H3. The second-order valence-corrected chi connectivity index (χ2v) is 8.97. The molecule has 0 fully saturated rings. The molecule has 0 atom stereocenters. The summed E-state index contributed by atoms with van der Waals surface area (Å²) in [5.41, 5.74) is 6.01. The number of hydrogen-bond acceptors (Lipinski definition) is 8. The van der Waals surface area contributed by atoms with Gasteiger partial charge >= 0.3 is 11.7 Å². The second-order valence-electron chi connectivity index (χ2n) is 8.97. The van der Waals surface area contributed by atoms with Crippen LogP contribution in [0, 0.1) is 0 Å². The van der Waals surface area contributed by atoms with E-state index in [1.165, 1.54) is 14.1 Å². The molecule has 0 spiro atoms. The molecular weight excluding hydrogens is 500 g/mol. The first kappa shape index (κ1) is 25.4. The van der Waals surface area contributed by atoms with Crippen LogP contribution in [-0.2, 0) is 18.8 Å². The van der Waals surface area contributed by atoms with E-state index in [9.17, 15) is 19.2 Å². The minimum Gasteiger partial charge on any atom is -0.497 e. The van der Waals surface area contributed by atoms with Crippen LogP contribution in [0.15, 0.2) is 76.3 Å². The number of ether oxygens (including phenoxy) is 2. The van der Waals surface area contributed by atoms with Crippen molar-refractivity contribution in [2.45, 2.75) is 0 Å². The van der Waals surface area contributed by atoms with Crippen LogP contribution in [0.25, 0.3) is 32.9 Å². The number of carbonyl (C=O) groups excluding carboxylic acids is 2. The van der Waals surface area contributed by atoms with Crippen molar-refractivity contribution in [1.82, 2.24) is 14.1 Å². The molecule has 0 unspecified atom stereocenters. The lowest BCUT2D eigenvalue weighted by atomic mass is 10.0. The van der Waals surface area contributed by atoms with Crippen LogP contribution in [0.4, 0.5) is 5.82 Å². The van der Waals surface area contributed by atoms with Gasteiger partial charge in [-0.05, 0) is 41.1 Å². The molecule has 0 amide bonds. The quantitative estimate of drug-likeness (QED) is 0.264. The maximum atomic E-state index is 13.2. The highest BCUT2D eigenvalue weighted by atomic mass is 16.5. The van der Waals surface area contributed by atoms with Crippen molar-refractivity contribution in [3.63, 3.8) is 0 Å². The monoisotopic (exact) mass is 524 g/mol. The van der Waals surface area contributed by atoms with Crippen molar-refractivity contribution in [3.05, 3.63) is 98.7 Å². The number of nitrogens with zero attached hydrogens (tertiary/aromatic N) is 3. The predicted molar refractivity (Wildman–Crippen MR) is 147 cm³/mol. The van der Waals surface area contributed by atoms with Crippen molar-refractivity contribution in [2.24, 2.45) is 14.1 Å². The van der Waals surface area contributed by atoms with Gasteiger partial charge in [-0.1, -0.05) is 36.4 Å². The lowest BCUT2D eigenvalue weighted by Crippen LogP contribution is -2.42. The lowest BCUT2D eigenvalue weighted by molar-refractivity contribution is 0.0476. The molecular formula is C29H24N4O6. The Morgan fingerprint density at radius 2 is 1.64 bits per heavy atom. The average molecular weight is 525 g/mol. The molecule has 2 aromatic heterocycles. The Labute approximate surface area is 221 Å². The second kappa shape index (κ2) is 9.90. The van der Waals surface area contributed by atoms with Gasteiger partial charge in [0.25, 0.3) is 5.56 Å². The van der Waals surface area contributed by atoms with Gasteiger partial charge < -0.3 is 15.2 Å². The van der Waals surface area contributed by atoms with Crippen molar-refractivity contribution < 1.29 is 19.1 Å². The van der Waals surface area contributed by atoms with Crippen LogP contribution in [0.5, 0.6) is 5.75 Å². The number of para-hydroxylation sites is 1. The van der Waals surface area contributed by atoms with Crippen molar-refractivity contribution >= 4 is 39.2 Å². The van der Waals surface area contributed by atoms with Gasteiger partial charge in [0.1, 0.15) is 17.1 Å². The van der Waals surface area contributed by atoms with Crippen LogP contribution in [0.2, 0.25) is 0 Å². The number of aromatic nitrogens is 3. The molecule has 2 heterocycles. The number of hydrogen-bond donors (Lipinski definition) is 1. The lowest BCUT2D eigenvalue weighted by Gasteiger charge is -2.12. The van der Waals surface area contributed by atoms with Gasteiger partial charge in [-0.25, -0.2) is 14.6 Å². The highest BCUT2D eigenvalue weighted by molar-refractivity contribution is 6.07. The molecule has 5 aromatic rings. The SMILES string of the molecule is COc1ccc2cc(-c3cc(C(=O)OCC(=O)c4c(N)n(C)c(=O)n(C)c4=O)c4ccccc4n3)ccc2c1. The molecule has 0 saturated carbocycles. The number of Topliss-reactive ketones (excluding diaryl/α,β-unsaturated/α-hetero) is 1. The predicted octanol–water partition coefficient (Wildman–Crippen LogP) is 3.08. The van der Waals surface area contributed by atoms with Crippen LogP contribution >= 0.6 is 0 Å². The molecule has 3 aromatic carbocycles. The first-order valence-electron chi connectivity index (χ1n) is 11.9. The van der Waals surface area contributed by atoms with Crippen LogP contribution < -0.4 is 21.7 Å². The number of anilines is 1. The van der Waals surface area contributed by atoms with Crippen molar-refractivity contribution in [3.8, 4) is 17.0 Å². The zero-order valence-electron chi connectivity index (χ0n) is 21.4. The van der Waals surface area contributed by atoms with Gasteiger partial charge in [0.05, 0.1) is 23.9 Å². The number of ketones is 1. The van der Waals surface area contributed by atoms with E-state index in [-0.39, 0.29) is 11.4 Å². The van der Waals surface area contributed by atoms with Gasteiger partial charge in [0.15, 0.2) is 6.61 Å². The van der Waals surface area contributed by atoms with E-state index in [0.717, 1.165) is 31.2 Å². The van der Waals surface area contributed by atoms with E-state index < -0.39 is 35.2 Å². The van der Waals surface area contributed by atoms with Gasteiger partial charge in [0.2, 0.25) is 5.78 Å². The Morgan fingerprint density at radius 3 is 2.41 bits per heavy atom. The fraction of sp³-hybridized carbons (Fsp3) is 0.138. The first-order valence-corrected chi connectivity index (χ1v) is 11.9. The van der Waals surface area contributed by atoms with E-state index in [1.54, 1.807) is 31.4 Å². The molecule has 5 rings (SSSR count). The average Bonchev–Trinajstić information content (AvgIpc) is 2.96. The zero-order valence-corrected chi connectivity index (χ0v) is 21.4. The van der Waals surface area contributed by atoms with Crippen LogP contribution in [-0.4, -0.2) is 39.6 Å². The van der Waals surface area contributed by atoms with E-state index in [1.807, 2.05) is 42.5 Å². The van der Waals surface area contributed by atoms with Crippen LogP contribution in [0.1, 0.15) is 20.7 Å². The Kier molecular flexibility index (Phi) is 6.45. The van der Waals surface area contributed by atoms with Crippen molar-refractivity contribution in [2.75, 3.05) is 19.5 Å². The molecule has 10 nitrogen and oxygen atoms in total. The molecule has 39 heavy (non-hydrogen) atoms. The summed E-state index contributed by atoms with van der Waals surface area (Å²) in [5, 5.41) is 2.50. The largest absolute Gasteiger partial charge is 0.497 e. The Bertz CT molecular complexity index is 1920. The molecule has 0 bridgehead atoms. The van der Waals surface area contributed by atoms with E-state index in [0.29, 0.717) is 16.6 Å². The van der Waals surface area contributed by atoms with Gasteiger partial charge in [-0.15, -0.1) is 0 Å². The topological polar surface area (TPSA) is 136 Å². The Balaban J connectivity index is 1.49. The normalized spacial score (nSPS) is 11.1. The molecule has 196 valence electrons. The van der Waals surface area contributed by atoms with E-state index in [4.69, 9.17) is 20.2 Å². The molecule has 0 saturated heterocycles. The summed E-state index contributed by atoms with van der Waals surface area (Å²) in [6, 6.07) is 20.2. The first-order chi connectivity index (χ1) is 18.7. The Morgan fingerprint density at radius 1 is 0.923 bits per heavy atom. The maximum Gasteiger partial charge on any atom is 0.339 e. The van der Waals surface area contributed by atoms with E-state index >= 15 is 0 Å². The number of nitrogen functional groups attached to an aromatic ring is 1. The third-order valence-electron chi connectivity index (χ3n) is 6.60. The third kappa shape index (κ3) is 4.52. The van der Waals surface area contributed by atoms with Gasteiger partial charge in [0, 0.05) is 25.0 Å². The minimum absolute atomic E-state index is 0.208. The van der Waals surface area contributed by atoms with Crippen LogP contribution in [0.3, 0.4) is 0 Å². The van der Waals surface area contributed by atoms with Crippen molar-refractivity contribution in [1.29, 1.82) is 0 Å². The number of carbonyl (C=O) groups is 2. The molecule has 2 N–H and O–H groups in total. The molecule has 0 radical (unpaired) electrons. The maximum absolute atomic E-state index is 13.2. The molecule has 10 heteroatoms. The number of rotatable bonds is 6. The molecule has 0 aliphatic heterocycles.